The van der Waals surface area contributed by atoms with Gasteiger partial charge in [-0.2, -0.15) is 0 Å². The van der Waals surface area contributed by atoms with Crippen molar-refractivity contribution in [2.75, 3.05) is 5.32 Å². The zero-order chi connectivity index (χ0) is 17.1. The van der Waals surface area contributed by atoms with E-state index < -0.39 is 0 Å². The first-order valence-corrected chi connectivity index (χ1v) is 9.07. The summed E-state index contributed by atoms with van der Waals surface area (Å²) in [6.45, 7) is 0.340. The van der Waals surface area contributed by atoms with Crippen LogP contribution in [-0.4, -0.2) is 10.5 Å². The number of benzene rings is 1. The minimum absolute atomic E-state index is 0.161. The molecule has 1 amide bonds. The molecule has 1 N–H and O–H groups in total. The van der Waals surface area contributed by atoms with Crippen molar-refractivity contribution in [2.24, 2.45) is 0 Å². The van der Waals surface area contributed by atoms with Gasteiger partial charge < -0.3 is 9.88 Å². The lowest BCUT2D eigenvalue weighted by Gasteiger charge is -2.10. The Morgan fingerprint density at radius 2 is 2.04 bits per heavy atom. The molecular weight excluding hydrogens is 412 g/mol. The molecule has 1 aromatic carbocycles. The van der Waals surface area contributed by atoms with Gasteiger partial charge in [0.15, 0.2) is 0 Å². The standard InChI is InChI=1S/C17H12BrClN2O2S/c18-15-7-12(10-24-15)17(23)20-13-5-6-16(22)21(9-13)8-11-3-1-2-4-14(11)19/h1-7,9-10H,8H2,(H,20,23). The number of thiophene rings is 1. The highest BCUT2D eigenvalue weighted by atomic mass is 79.9. The summed E-state index contributed by atoms with van der Waals surface area (Å²) in [4.78, 5) is 24.3. The van der Waals surface area contributed by atoms with Gasteiger partial charge in [0.2, 0.25) is 0 Å². The summed E-state index contributed by atoms with van der Waals surface area (Å²) in [5.41, 5.74) is 1.79. The number of carbonyl (C=O) groups excluding carboxylic acids is 1. The molecule has 24 heavy (non-hydrogen) atoms. The predicted octanol–water partition coefficient (Wildman–Crippen LogP) is 4.63. The fourth-order valence-corrected chi connectivity index (χ4v) is 3.50. The van der Waals surface area contributed by atoms with Crippen molar-refractivity contribution in [1.29, 1.82) is 0 Å². The highest BCUT2D eigenvalue weighted by molar-refractivity contribution is 9.11. The van der Waals surface area contributed by atoms with Crippen LogP contribution in [0.5, 0.6) is 0 Å². The number of aromatic nitrogens is 1. The molecule has 7 heteroatoms. The van der Waals surface area contributed by atoms with Crippen LogP contribution in [0, 0.1) is 0 Å². The van der Waals surface area contributed by atoms with Gasteiger partial charge in [-0.1, -0.05) is 29.8 Å². The maximum absolute atomic E-state index is 12.2. The molecule has 4 nitrogen and oxygen atoms in total. The molecule has 0 saturated carbocycles. The third kappa shape index (κ3) is 3.95. The maximum atomic E-state index is 12.2. The van der Waals surface area contributed by atoms with Crippen molar-refractivity contribution in [3.63, 3.8) is 0 Å². The lowest BCUT2D eigenvalue weighted by Crippen LogP contribution is -2.21. The summed E-state index contributed by atoms with van der Waals surface area (Å²) in [5.74, 6) is -0.222. The summed E-state index contributed by atoms with van der Waals surface area (Å²) in [6, 6.07) is 12.1. The van der Waals surface area contributed by atoms with Crippen LogP contribution in [-0.2, 0) is 6.54 Å². The number of hydrogen-bond donors (Lipinski definition) is 1. The SMILES string of the molecule is O=C(Nc1ccc(=O)n(Cc2ccccc2Cl)c1)c1csc(Br)c1. The lowest BCUT2D eigenvalue weighted by atomic mass is 10.2. The fraction of sp³-hybridized carbons (Fsp3) is 0.0588. The van der Waals surface area contributed by atoms with Gasteiger partial charge in [-0.15, -0.1) is 11.3 Å². The van der Waals surface area contributed by atoms with Crippen LogP contribution in [0.3, 0.4) is 0 Å². The van der Waals surface area contributed by atoms with E-state index >= 15 is 0 Å². The van der Waals surface area contributed by atoms with Crippen molar-refractivity contribution in [2.45, 2.75) is 6.54 Å². The lowest BCUT2D eigenvalue weighted by molar-refractivity contribution is 0.102. The van der Waals surface area contributed by atoms with Crippen molar-refractivity contribution >= 4 is 50.5 Å². The Morgan fingerprint density at radius 1 is 1.25 bits per heavy atom. The topological polar surface area (TPSA) is 51.1 Å². The van der Waals surface area contributed by atoms with E-state index in [9.17, 15) is 9.59 Å². The minimum Gasteiger partial charge on any atom is -0.321 e. The molecule has 0 saturated heterocycles. The van der Waals surface area contributed by atoms with E-state index in [2.05, 4.69) is 21.2 Å². The molecule has 0 aliphatic heterocycles. The summed E-state index contributed by atoms with van der Waals surface area (Å²) < 4.78 is 2.40. The minimum atomic E-state index is -0.222. The number of halogens is 2. The second-order valence-corrected chi connectivity index (χ2v) is 7.77. The molecule has 0 spiro atoms. The number of anilines is 1. The molecule has 0 bridgehead atoms. The van der Waals surface area contributed by atoms with E-state index in [4.69, 9.17) is 11.6 Å². The van der Waals surface area contributed by atoms with Crippen molar-refractivity contribution < 1.29 is 4.79 Å². The van der Waals surface area contributed by atoms with Gasteiger partial charge in [-0.3, -0.25) is 9.59 Å². The van der Waals surface area contributed by atoms with Gasteiger partial charge >= 0.3 is 0 Å². The first-order chi connectivity index (χ1) is 11.5. The Kier molecular flexibility index (Phi) is 5.18. The van der Waals surface area contributed by atoms with E-state index in [0.29, 0.717) is 22.8 Å². The second-order valence-electron chi connectivity index (χ2n) is 5.07. The first kappa shape index (κ1) is 17.0. The molecule has 3 aromatic rings. The van der Waals surface area contributed by atoms with Crippen molar-refractivity contribution in [1.82, 2.24) is 4.57 Å². The molecule has 2 aromatic heterocycles. The first-order valence-electron chi connectivity index (χ1n) is 7.02. The predicted molar refractivity (Wildman–Crippen MR) is 101 cm³/mol. The second kappa shape index (κ2) is 7.34. The van der Waals surface area contributed by atoms with Gasteiger partial charge in [-0.05, 0) is 39.7 Å². The zero-order valence-electron chi connectivity index (χ0n) is 12.3. The van der Waals surface area contributed by atoms with Crippen LogP contribution in [0.4, 0.5) is 5.69 Å². The average molecular weight is 424 g/mol. The van der Waals surface area contributed by atoms with E-state index in [1.807, 2.05) is 18.2 Å². The molecule has 3 rings (SSSR count). The maximum Gasteiger partial charge on any atom is 0.256 e. The van der Waals surface area contributed by atoms with Gasteiger partial charge in [-0.25, -0.2) is 0 Å². The molecule has 0 aliphatic carbocycles. The summed E-state index contributed by atoms with van der Waals surface area (Å²) in [6.07, 6.45) is 1.62. The number of rotatable bonds is 4. The molecule has 0 fully saturated rings. The third-order valence-electron chi connectivity index (χ3n) is 3.37. The number of amides is 1. The highest BCUT2D eigenvalue weighted by Gasteiger charge is 2.09. The Labute approximate surface area is 155 Å². The van der Waals surface area contributed by atoms with Crippen LogP contribution in [0.25, 0.3) is 0 Å². The van der Waals surface area contributed by atoms with Gasteiger partial charge in [0.1, 0.15) is 0 Å². The van der Waals surface area contributed by atoms with E-state index in [1.165, 1.54) is 22.0 Å². The van der Waals surface area contributed by atoms with Gasteiger partial charge in [0.25, 0.3) is 11.5 Å². The summed E-state index contributed by atoms with van der Waals surface area (Å²) in [7, 11) is 0. The Morgan fingerprint density at radius 3 is 2.75 bits per heavy atom. The largest absolute Gasteiger partial charge is 0.321 e. The van der Waals surface area contributed by atoms with Crippen LogP contribution >= 0.6 is 38.9 Å². The number of nitrogens with zero attached hydrogens (tertiary/aromatic N) is 1. The number of hydrogen-bond acceptors (Lipinski definition) is 3. The summed E-state index contributed by atoms with van der Waals surface area (Å²) >= 11 is 10.9. The monoisotopic (exact) mass is 422 g/mol. The van der Waals surface area contributed by atoms with Gasteiger partial charge in [0, 0.05) is 22.7 Å². The van der Waals surface area contributed by atoms with E-state index in [-0.39, 0.29) is 11.5 Å². The van der Waals surface area contributed by atoms with Crippen LogP contribution in [0.2, 0.25) is 5.02 Å². The smallest absolute Gasteiger partial charge is 0.256 e. The fourth-order valence-electron chi connectivity index (χ4n) is 2.17. The normalized spacial score (nSPS) is 10.6. The molecule has 0 radical (unpaired) electrons. The Hall–Kier alpha value is -1.89. The molecule has 122 valence electrons. The molecule has 0 unspecified atom stereocenters. The zero-order valence-corrected chi connectivity index (χ0v) is 15.5. The van der Waals surface area contributed by atoms with E-state index in [1.54, 1.807) is 29.8 Å². The van der Waals surface area contributed by atoms with Crippen LogP contribution in [0.15, 0.2) is 62.6 Å². The number of carbonyl (C=O) groups is 1. The van der Waals surface area contributed by atoms with Crippen LogP contribution < -0.4 is 10.9 Å². The number of pyridine rings is 1. The Bertz CT molecular complexity index is 952. The summed E-state index contributed by atoms with van der Waals surface area (Å²) in [5, 5.41) is 5.16. The van der Waals surface area contributed by atoms with Gasteiger partial charge in [0.05, 0.1) is 21.6 Å². The highest BCUT2D eigenvalue weighted by Crippen LogP contribution is 2.21. The quantitative estimate of drug-likeness (QED) is 0.665. The molecule has 2 heterocycles. The van der Waals surface area contributed by atoms with Crippen molar-refractivity contribution in [3.05, 3.63) is 84.3 Å². The molecule has 0 aliphatic rings. The van der Waals surface area contributed by atoms with E-state index in [0.717, 1.165) is 9.35 Å². The average Bonchev–Trinajstić information content (AvgIpc) is 2.99. The molecular formula is C17H12BrClN2O2S. The Balaban J connectivity index is 1.82. The third-order valence-corrected chi connectivity index (χ3v) is 5.24. The van der Waals surface area contributed by atoms with Crippen molar-refractivity contribution in [3.8, 4) is 0 Å². The molecule has 0 atom stereocenters. The van der Waals surface area contributed by atoms with Crippen LogP contribution in [0.1, 0.15) is 15.9 Å². The number of nitrogens with one attached hydrogen (secondary N) is 1.